The maximum Gasteiger partial charge on any atom is 0.371 e. The third-order valence-electron chi connectivity index (χ3n) is 1.72. The maximum atomic E-state index is 10.9. The van der Waals surface area contributed by atoms with Crippen molar-refractivity contribution in [2.75, 3.05) is 6.54 Å². The molecule has 0 saturated heterocycles. The Balaban J connectivity index is 5.03. The number of carbonyl (C=O) groups excluding carboxylic acids is 1. The highest BCUT2D eigenvalue weighted by Crippen LogP contribution is 2.66. The van der Waals surface area contributed by atoms with Crippen molar-refractivity contribution in [1.82, 2.24) is 5.32 Å². The van der Waals surface area contributed by atoms with E-state index in [9.17, 15) is 19.0 Å². The van der Waals surface area contributed by atoms with Crippen LogP contribution in [0.2, 0.25) is 0 Å². The molecule has 9 nitrogen and oxygen atoms in total. The number of nitrogens with one attached hydrogen (secondary N) is 1. The minimum atomic E-state index is -5.56. The summed E-state index contributed by atoms with van der Waals surface area (Å²) in [6, 6.07) is 0. The van der Waals surface area contributed by atoms with Crippen molar-refractivity contribution in [3.8, 4) is 12.3 Å². The van der Waals surface area contributed by atoms with E-state index in [2.05, 4.69) is 0 Å². The quantitative estimate of drug-likeness (QED) is 0.253. The number of carbonyl (C=O) groups is 1. The Labute approximate surface area is 96.2 Å². The molecule has 0 unspecified atom stereocenters. The summed E-state index contributed by atoms with van der Waals surface area (Å²) in [6.45, 7) is -1.32. The van der Waals surface area contributed by atoms with Crippen LogP contribution in [-0.4, -0.2) is 42.2 Å². The summed E-state index contributed by atoms with van der Waals surface area (Å²) in [5, 5.41) is 7.37. The third-order valence-corrected chi connectivity index (χ3v) is 5.46. The highest BCUT2D eigenvalue weighted by molar-refractivity contribution is 7.72. The Morgan fingerprint density at radius 1 is 1.24 bits per heavy atom. The molecule has 0 bridgehead atoms. The van der Waals surface area contributed by atoms with E-state index in [0.717, 1.165) is 0 Å². The number of terminal acetylenes is 1. The lowest BCUT2D eigenvalue weighted by Gasteiger charge is -2.29. The van der Waals surface area contributed by atoms with Crippen LogP contribution in [0.4, 0.5) is 0 Å². The van der Waals surface area contributed by atoms with Crippen LogP contribution in [0.5, 0.6) is 0 Å². The summed E-state index contributed by atoms with van der Waals surface area (Å²) >= 11 is 0. The molecular weight excluding hydrogens is 276 g/mol. The monoisotopic (exact) mass is 287 g/mol. The van der Waals surface area contributed by atoms with Gasteiger partial charge in [0.15, 0.2) is 0 Å². The largest absolute Gasteiger partial charge is 0.371 e. The fourth-order valence-corrected chi connectivity index (χ4v) is 2.68. The van der Waals surface area contributed by atoms with E-state index in [0.29, 0.717) is 0 Å². The normalized spacial score (nSPS) is 12.9. The van der Waals surface area contributed by atoms with E-state index < -0.39 is 39.1 Å². The van der Waals surface area contributed by atoms with Gasteiger partial charge >= 0.3 is 15.2 Å². The summed E-state index contributed by atoms with van der Waals surface area (Å²) in [7, 11) is -11.1. The van der Waals surface area contributed by atoms with Crippen molar-refractivity contribution in [1.29, 1.82) is 0 Å². The van der Waals surface area contributed by atoms with Gasteiger partial charge in [0.2, 0.25) is 5.91 Å². The highest BCUT2D eigenvalue weighted by atomic mass is 31.2. The lowest BCUT2D eigenvalue weighted by molar-refractivity contribution is -0.120. The molecule has 0 rings (SSSR count). The smallest absolute Gasteiger partial charge is 0.366 e. The summed E-state index contributed by atoms with van der Waals surface area (Å²) in [5.74, 6) is 0.990. The van der Waals surface area contributed by atoms with Gasteiger partial charge in [-0.2, -0.15) is 0 Å². The van der Waals surface area contributed by atoms with Gasteiger partial charge in [-0.05, 0) is 0 Å². The molecule has 0 aromatic rings. The van der Waals surface area contributed by atoms with Crippen LogP contribution in [0.25, 0.3) is 0 Å². The Morgan fingerprint density at radius 2 is 1.65 bits per heavy atom. The maximum absolute atomic E-state index is 10.9. The van der Waals surface area contributed by atoms with Gasteiger partial charge in [-0.1, -0.05) is 5.92 Å². The number of rotatable bonds is 5. The lowest BCUT2D eigenvalue weighted by Crippen LogP contribution is -2.42. The first-order chi connectivity index (χ1) is 7.45. The number of hydrogen-bond donors (Lipinski definition) is 6. The number of amides is 1. The van der Waals surface area contributed by atoms with Crippen LogP contribution in [0.15, 0.2) is 0 Å². The van der Waals surface area contributed by atoms with Crippen LogP contribution in [0.1, 0.15) is 6.42 Å². The molecule has 0 aliphatic heterocycles. The Hall–Kier alpha value is -0.710. The van der Waals surface area contributed by atoms with Gasteiger partial charge in [0.05, 0.1) is 13.0 Å². The molecule has 11 heteroatoms. The Morgan fingerprint density at radius 3 is 1.94 bits per heavy atom. The van der Waals surface area contributed by atoms with Gasteiger partial charge in [-0.25, -0.2) is 0 Å². The first-order valence-corrected chi connectivity index (χ1v) is 7.22. The predicted molar refractivity (Wildman–Crippen MR) is 55.5 cm³/mol. The minimum Gasteiger partial charge on any atom is -0.366 e. The molecule has 6 N–H and O–H groups in total. The molecular formula is C6H11NO8P2. The van der Waals surface area contributed by atoms with Crippen molar-refractivity contribution in [2.24, 2.45) is 0 Å². The van der Waals surface area contributed by atoms with Crippen molar-refractivity contribution in [3.05, 3.63) is 0 Å². The van der Waals surface area contributed by atoms with Gasteiger partial charge in [-0.15, -0.1) is 6.42 Å². The molecule has 0 atom stereocenters. The van der Waals surface area contributed by atoms with Crippen molar-refractivity contribution in [3.63, 3.8) is 0 Å². The fraction of sp³-hybridized carbons (Fsp3) is 0.500. The molecule has 0 radical (unpaired) electrons. The summed E-state index contributed by atoms with van der Waals surface area (Å²) in [6.07, 6.45) is 4.30. The zero-order valence-corrected chi connectivity index (χ0v) is 10.1. The molecule has 98 valence electrons. The van der Waals surface area contributed by atoms with Crippen LogP contribution < -0.4 is 5.32 Å². The van der Waals surface area contributed by atoms with Crippen molar-refractivity contribution in [2.45, 2.75) is 11.5 Å². The van der Waals surface area contributed by atoms with Gasteiger partial charge in [0.25, 0.3) is 5.08 Å². The Bertz CT molecular complexity index is 406. The topological polar surface area (TPSA) is 164 Å². The van der Waals surface area contributed by atoms with Crippen LogP contribution >= 0.6 is 15.2 Å². The summed E-state index contributed by atoms with van der Waals surface area (Å²) in [4.78, 5) is 45.6. The molecule has 17 heavy (non-hydrogen) atoms. The zero-order valence-electron chi connectivity index (χ0n) is 8.35. The fourth-order valence-electron chi connectivity index (χ4n) is 0.748. The summed E-state index contributed by atoms with van der Waals surface area (Å²) < 4.78 is 21.7. The molecule has 0 aliphatic rings. The molecule has 0 aromatic carbocycles. The second kappa shape index (κ2) is 5.29. The van der Waals surface area contributed by atoms with E-state index in [1.165, 1.54) is 0 Å². The highest BCUT2D eigenvalue weighted by Gasteiger charge is 2.59. The van der Waals surface area contributed by atoms with Crippen molar-refractivity contribution < 1.29 is 38.6 Å². The van der Waals surface area contributed by atoms with Gasteiger partial charge < -0.3 is 30.0 Å². The molecule has 1 amide bonds. The van der Waals surface area contributed by atoms with Crippen LogP contribution in [0.3, 0.4) is 0 Å². The predicted octanol–water partition coefficient (Wildman–Crippen LogP) is -1.87. The molecule has 0 aromatic heterocycles. The molecule has 0 heterocycles. The van der Waals surface area contributed by atoms with E-state index in [-0.39, 0.29) is 0 Å². The van der Waals surface area contributed by atoms with E-state index in [4.69, 9.17) is 26.0 Å². The number of hydrogen-bond acceptors (Lipinski definition) is 4. The van der Waals surface area contributed by atoms with Gasteiger partial charge in [0.1, 0.15) is 0 Å². The zero-order chi connectivity index (χ0) is 13.9. The average molecular weight is 287 g/mol. The van der Waals surface area contributed by atoms with Gasteiger partial charge in [-0.3, -0.25) is 13.9 Å². The third kappa shape index (κ3) is 3.91. The standard InChI is InChI=1S/C6H11NO8P2/c1-2-3-5(8)7-4-6(9,16(10,11)12)17(13,14)15/h1,9H,3-4H2,(H,7,8)(H2,10,11,12)(H2,13,14,15). The van der Waals surface area contributed by atoms with E-state index in [1.54, 1.807) is 5.32 Å². The van der Waals surface area contributed by atoms with E-state index in [1.807, 2.05) is 5.92 Å². The molecule has 0 saturated carbocycles. The summed E-state index contributed by atoms with van der Waals surface area (Å²) in [5.41, 5.74) is 0. The van der Waals surface area contributed by atoms with Gasteiger partial charge in [0, 0.05) is 0 Å². The molecule has 0 spiro atoms. The second-order valence-electron chi connectivity index (χ2n) is 3.02. The minimum absolute atomic E-state index is 0.460. The Kier molecular flexibility index (Phi) is 5.07. The SMILES string of the molecule is C#CCC(=O)NCC(O)(P(=O)(O)O)P(=O)(O)O. The first kappa shape index (κ1) is 16.3. The van der Waals surface area contributed by atoms with Crippen molar-refractivity contribution >= 4 is 21.1 Å². The molecule has 0 aliphatic carbocycles. The lowest BCUT2D eigenvalue weighted by atomic mass is 10.4. The number of aliphatic hydroxyl groups is 1. The molecule has 0 fully saturated rings. The van der Waals surface area contributed by atoms with E-state index >= 15 is 0 Å². The second-order valence-corrected chi connectivity index (χ2v) is 7.03. The van der Waals surface area contributed by atoms with Crippen LogP contribution in [-0.2, 0) is 13.9 Å². The van der Waals surface area contributed by atoms with Crippen LogP contribution in [0, 0.1) is 12.3 Å². The first-order valence-electron chi connectivity index (χ1n) is 3.99. The average Bonchev–Trinajstić information content (AvgIpc) is 2.10.